The molecular formula is C38H39F3N10O2S. The number of anilines is 2. The number of alkyl halides is 3. The molecule has 0 aliphatic heterocycles. The number of aryl methyl sites for hydroxylation is 2. The van der Waals surface area contributed by atoms with Crippen molar-refractivity contribution >= 4 is 21.4 Å². The van der Waals surface area contributed by atoms with Gasteiger partial charge in [0.2, 0.25) is 0 Å². The van der Waals surface area contributed by atoms with Crippen molar-refractivity contribution in [3.63, 3.8) is 0 Å². The van der Waals surface area contributed by atoms with Gasteiger partial charge in [-0.15, -0.1) is 0 Å². The number of hydrogen-bond donors (Lipinski definition) is 2. The molecule has 2 N–H and O–H groups in total. The molecule has 1 aliphatic rings. The van der Waals surface area contributed by atoms with Crippen molar-refractivity contribution in [3.8, 4) is 45.3 Å². The third kappa shape index (κ3) is 8.28. The second-order valence-electron chi connectivity index (χ2n) is 13.3. The lowest BCUT2D eigenvalue weighted by Crippen LogP contribution is -2.29. The highest BCUT2D eigenvalue weighted by atomic mass is 32.2. The van der Waals surface area contributed by atoms with Crippen LogP contribution in [0.25, 0.3) is 45.3 Å². The lowest BCUT2D eigenvalue weighted by atomic mass is 10.1. The number of aromatic nitrogens is 8. The molecule has 16 heteroatoms. The molecule has 54 heavy (non-hydrogen) atoms. The molecular weight excluding hydrogens is 718 g/mol. The van der Waals surface area contributed by atoms with E-state index < -0.39 is 15.5 Å². The maximum absolute atomic E-state index is 12.8. The van der Waals surface area contributed by atoms with Crippen LogP contribution >= 0.6 is 0 Å². The Hall–Kier alpha value is -5.64. The number of nitrogens with one attached hydrogen (secondary N) is 2. The van der Waals surface area contributed by atoms with Crippen molar-refractivity contribution in [1.82, 2.24) is 39.5 Å². The summed E-state index contributed by atoms with van der Waals surface area (Å²) in [7, 11) is -5.56. The molecule has 6 heterocycles. The van der Waals surface area contributed by atoms with E-state index in [0.29, 0.717) is 28.7 Å². The lowest BCUT2D eigenvalue weighted by molar-refractivity contribution is -0.0429. The Bertz CT molecular complexity index is 2330. The highest BCUT2D eigenvalue weighted by molar-refractivity contribution is 7.93. The first-order chi connectivity index (χ1) is 26.0. The van der Waals surface area contributed by atoms with Crippen LogP contribution in [0, 0.1) is 0 Å². The SMILES string of the molecule is CCCc1cc(-n2cc(-c3ccc(NC4CCCC4)cn3)cn2)cc(-c2cc(-n3cc(-c4ccc(NS(=O)(=O)C(F)(F)F)cn4)cn3)cc(CCC)n2)n1. The first-order valence-electron chi connectivity index (χ1n) is 17.9. The van der Waals surface area contributed by atoms with E-state index in [1.54, 1.807) is 17.1 Å². The molecule has 0 radical (unpaired) electrons. The van der Waals surface area contributed by atoms with E-state index >= 15 is 0 Å². The average molecular weight is 757 g/mol. The minimum Gasteiger partial charge on any atom is -0.381 e. The van der Waals surface area contributed by atoms with Crippen molar-refractivity contribution in [3.05, 3.63) is 97.1 Å². The zero-order valence-corrected chi connectivity index (χ0v) is 30.6. The van der Waals surface area contributed by atoms with Crippen LogP contribution in [0.1, 0.15) is 63.8 Å². The maximum atomic E-state index is 12.8. The largest absolute Gasteiger partial charge is 0.516 e. The molecule has 0 aromatic carbocycles. The van der Waals surface area contributed by atoms with Crippen LogP contribution < -0.4 is 10.0 Å². The fourth-order valence-corrected chi connectivity index (χ4v) is 6.97. The minimum absolute atomic E-state index is 0.312. The second kappa shape index (κ2) is 15.4. The molecule has 1 saturated carbocycles. The van der Waals surface area contributed by atoms with E-state index in [1.807, 2.05) is 53.6 Å². The number of nitrogens with zero attached hydrogens (tertiary/aromatic N) is 8. The van der Waals surface area contributed by atoms with Gasteiger partial charge in [-0.05, 0) is 74.2 Å². The lowest BCUT2D eigenvalue weighted by Gasteiger charge is -2.13. The summed E-state index contributed by atoms with van der Waals surface area (Å²) in [5.41, 5.74) is 2.62. The smallest absolute Gasteiger partial charge is 0.381 e. The van der Waals surface area contributed by atoms with Crippen LogP contribution in [0.2, 0.25) is 0 Å². The first-order valence-corrected chi connectivity index (χ1v) is 19.4. The molecule has 0 bridgehead atoms. The fourth-order valence-electron chi connectivity index (χ4n) is 6.43. The molecule has 0 amide bonds. The highest BCUT2D eigenvalue weighted by Gasteiger charge is 2.46. The van der Waals surface area contributed by atoms with Crippen LogP contribution in [-0.2, 0) is 22.9 Å². The first kappa shape index (κ1) is 36.7. The summed E-state index contributed by atoms with van der Waals surface area (Å²) in [5.74, 6) is 0. The van der Waals surface area contributed by atoms with Gasteiger partial charge in [0.05, 0.1) is 70.3 Å². The molecule has 0 atom stereocenters. The summed E-state index contributed by atoms with van der Waals surface area (Å²) in [4.78, 5) is 18.8. The van der Waals surface area contributed by atoms with Gasteiger partial charge in [0.25, 0.3) is 0 Å². The van der Waals surface area contributed by atoms with Crippen molar-refractivity contribution in [2.24, 2.45) is 0 Å². The summed E-state index contributed by atoms with van der Waals surface area (Å²) in [6.45, 7) is 4.18. The number of pyridine rings is 4. The third-order valence-electron chi connectivity index (χ3n) is 9.10. The average Bonchev–Trinajstić information content (AvgIpc) is 3.95. The Balaban J connectivity index is 1.16. The molecule has 0 saturated heterocycles. The number of hydrogen-bond acceptors (Lipinski definition) is 9. The van der Waals surface area contributed by atoms with E-state index in [2.05, 4.69) is 35.3 Å². The molecule has 1 aliphatic carbocycles. The van der Waals surface area contributed by atoms with E-state index in [9.17, 15) is 21.6 Å². The number of halogens is 3. The molecule has 0 unspecified atom stereocenters. The van der Waals surface area contributed by atoms with E-state index in [0.717, 1.165) is 71.6 Å². The molecule has 12 nitrogen and oxygen atoms in total. The van der Waals surface area contributed by atoms with Crippen LogP contribution in [0.3, 0.4) is 0 Å². The summed E-state index contributed by atoms with van der Waals surface area (Å²) in [6, 6.07) is 15.1. The Morgan fingerprint density at radius 1 is 0.704 bits per heavy atom. The van der Waals surface area contributed by atoms with Crippen LogP contribution in [0.4, 0.5) is 24.5 Å². The van der Waals surface area contributed by atoms with Gasteiger partial charge >= 0.3 is 15.5 Å². The summed E-state index contributed by atoms with van der Waals surface area (Å²) in [6.07, 6.45) is 18.1. The number of rotatable bonds is 13. The van der Waals surface area contributed by atoms with Gasteiger partial charge in [0.1, 0.15) is 0 Å². The summed E-state index contributed by atoms with van der Waals surface area (Å²) < 4.78 is 66.4. The minimum atomic E-state index is -5.56. The predicted octanol–water partition coefficient (Wildman–Crippen LogP) is 8.16. The van der Waals surface area contributed by atoms with Gasteiger partial charge in [0.15, 0.2) is 0 Å². The fraction of sp³-hybridized carbons (Fsp3) is 0.316. The van der Waals surface area contributed by atoms with Gasteiger partial charge < -0.3 is 5.32 Å². The van der Waals surface area contributed by atoms with Gasteiger partial charge in [-0.3, -0.25) is 24.7 Å². The second-order valence-corrected chi connectivity index (χ2v) is 15.0. The molecule has 7 rings (SSSR count). The zero-order chi connectivity index (χ0) is 37.9. The monoisotopic (exact) mass is 756 g/mol. The van der Waals surface area contributed by atoms with Crippen LogP contribution in [0.15, 0.2) is 85.7 Å². The Labute approximate surface area is 311 Å². The van der Waals surface area contributed by atoms with Crippen LogP contribution in [-0.4, -0.2) is 59.5 Å². The molecule has 0 spiro atoms. The van der Waals surface area contributed by atoms with Crippen molar-refractivity contribution in [2.75, 3.05) is 10.0 Å². The third-order valence-corrected chi connectivity index (χ3v) is 10.2. The van der Waals surface area contributed by atoms with Gasteiger partial charge in [-0.25, -0.2) is 9.36 Å². The van der Waals surface area contributed by atoms with Crippen molar-refractivity contribution < 1.29 is 21.6 Å². The summed E-state index contributed by atoms with van der Waals surface area (Å²) in [5, 5.41) is 12.8. The molecule has 280 valence electrons. The Morgan fingerprint density at radius 2 is 1.20 bits per heavy atom. The topological polar surface area (TPSA) is 145 Å². The van der Waals surface area contributed by atoms with E-state index in [4.69, 9.17) is 20.1 Å². The Kier molecular flexibility index (Phi) is 10.5. The quantitative estimate of drug-likeness (QED) is 0.119. The zero-order valence-electron chi connectivity index (χ0n) is 29.8. The Morgan fingerprint density at radius 3 is 1.65 bits per heavy atom. The van der Waals surface area contributed by atoms with Crippen LogP contribution in [0.5, 0.6) is 0 Å². The highest BCUT2D eigenvalue weighted by Crippen LogP contribution is 2.29. The molecule has 6 aromatic heterocycles. The van der Waals surface area contributed by atoms with Crippen molar-refractivity contribution in [1.29, 1.82) is 0 Å². The molecule has 1 fully saturated rings. The predicted molar refractivity (Wildman–Crippen MR) is 201 cm³/mol. The van der Waals surface area contributed by atoms with Gasteiger partial charge in [-0.2, -0.15) is 31.8 Å². The number of sulfonamides is 1. The maximum Gasteiger partial charge on any atom is 0.516 e. The van der Waals surface area contributed by atoms with Crippen molar-refractivity contribution in [2.45, 2.75) is 76.8 Å². The van der Waals surface area contributed by atoms with Gasteiger partial charge in [-0.1, -0.05) is 39.5 Å². The van der Waals surface area contributed by atoms with Gasteiger partial charge in [0, 0.05) is 41.0 Å². The summed E-state index contributed by atoms with van der Waals surface area (Å²) >= 11 is 0. The van der Waals surface area contributed by atoms with E-state index in [1.165, 1.54) is 42.5 Å². The molecule has 6 aromatic rings. The normalized spacial score (nSPS) is 13.7. The standard InChI is InChI=1S/C38H39F3N10O2S/c1-3-7-28-15-32(50-23-25(19-44-50)34-13-11-30(21-42-34)46-27-9-5-6-10-27)17-36(47-28)37-18-33(16-29(48-37)8-4-2)51-24-26(20-45-51)35-14-12-31(22-43-35)49-54(52,53)38(39,40)41/h11-24,27,46,49H,3-10H2,1-2H3. The van der Waals surface area contributed by atoms with E-state index in [-0.39, 0.29) is 5.69 Å².